The molecule has 1 heterocycles. The lowest BCUT2D eigenvalue weighted by molar-refractivity contribution is -0.165. The summed E-state index contributed by atoms with van der Waals surface area (Å²) in [4.78, 5) is 11.7. The Labute approximate surface area is 131 Å². The molecule has 0 spiro atoms. The van der Waals surface area contributed by atoms with E-state index < -0.39 is 12.0 Å². The number of alkyl halides is 3. The lowest BCUT2D eigenvalue weighted by Crippen LogP contribution is -2.21. The maximum Gasteiger partial charge on any atom is 0.454 e. The van der Waals surface area contributed by atoms with Crippen LogP contribution < -0.4 is 5.32 Å². The first-order valence-electron chi connectivity index (χ1n) is 5.75. The fourth-order valence-corrected chi connectivity index (χ4v) is 2.46. The number of thiophene rings is 1. The number of benzene rings is 1. The Bertz CT molecular complexity index is 648. The molecule has 1 N–H and O–H groups in total. The van der Waals surface area contributed by atoms with Crippen LogP contribution in [0.5, 0.6) is 0 Å². The summed E-state index contributed by atoms with van der Waals surface area (Å²) in [5, 5.41) is 4.57. The number of nitrogens with one attached hydrogen (secondary N) is 1. The topological polar surface area (TPSA) is 29.1 Å². The quantitative estimate of drug-likeness (QED) is 0.753. The SMILES string of the molecule is O=C(/C=C(\Nc1ccc(Br)cc1)c1cccs1)C(F)(F)F. The van der Waals surface area contributed by atoms with Crippen LogP contribution >= 0.6 is 27.3 Å². The summed E-state index contributed by atoms with van der Waals surface area (Å²) in [5.74, 6) is -1.89. The molecule has 0 saturated heterocycles. The van der Waals surface area contributed by atoms with E-state index in [1.165, 1.54) is 11.3 Å². The van der Waals surface area contributed by atoms with Gasteiger partial charge in [-0.1, -0.05) is 22.0 Å². The highest BCUT2D eigenvalue weighted by atomic mass is 79.9. The van der Waals surface area contributed by atoms with Gasteiger partial charge >= 0.3 is 6.18 Å². The minimum absolute atomic E-state index is 0.120. The third-order valence-corrected chi connectivity index (χ3v) is 3.90. The number of rotatable bonds is 4. The van der Waals surface area contributed by atoms with Crippen LogP contribution in [-0.4, -0.2) is 12.0 Å². The first-order chi connectivity index (χ1) is 9.86. The Morgan fingerprint density at radius 1 is 1.19 bits per heavy atom. The zero-order valence-corrected chi connectivity index (χ0v) is 12.8. The van der Waals surface area contributed by atoms with E-state index in [2.05, 4.69) is 21.2 Å². The highest BCUT2D eigenvalue weighted by Crippen LogP contribution is 2.26. The third kappa shape index (κ3) is 4.44. The molecule has 21 heavy (non-hydrogen) atoms. The number of allylic oxidation sites excluding steroid dienone is 1. The average Bonchev–Trinajstić information content (AvgIpc) is 2.93. The zero-order valence-electron chi connectivity index (χ0n) is 10.4. The monoisotopic (exact) mass is 375 g/mol. The Kier molecular flexibility index (Phi) is 4.84. The van der Waals surface area contributed by atoms with Crippen LogP contribution in [0.25, 0.3) is 5.70 Å². The van der Waals surface area contributed by atoms with Crippen LogP contribution in [0.1, 0.15) is 4.88 Å². The number of halogens is 4. The maximum absolute atomic E-state index is 12.4. The van der Waals surface area contributed by atoms with Crippen molar-refractivity contribution < 1.29 is 18.0 Å². The van der Waals surface area contributed by atoms with E-state index in [9.17, 15) is 18.0 Å². The van der Waals surface area contributed by atoms with Crippen LogP contribution in [0, 0.1) is 0 Å². The van der Waals surface area contributed by atoms with Gasteiger partial charge in [-0.05, 0) is 35.7 Å². The van der Waals surface area contributed by atoms with Gasteiger partial charge in [-0.3, -0.25) is 4.79 Å². The van der Waals surface area contributed by atoms with Crippen LogP contribution in [0.2, 0.25) is 0 Å². The van der Waals surface area contributed by atoms with Gasteiger partial charge in [0.25, 0.3) is 5.78 Å². The summed E-state index contributed by atoms with van der Waals surface area (Å²) in [6.07, 6.45) is -4.31. The van der Waals surface area contributed by atoms with Crippen molar-refractivity contribution in [2.24, 2.45) is 0 Å². The van der Waals surface area contributed by atoms with Gasteiger partial charge in [0, 0.05) is 16.2 Å². The van der Waals surface area contributed by atoms with Gasteiger partial charge in [-0.15, -0.1) is 11.3 Å². The van der Waals surface area contributed by atoms with Gasteiger partial charge < -0.3 is 5.32 Å². The van der Waals surface area contributed by atoms with Crippen molar-refractivity contribution in [2.45, 2.75) is 6.18 Å². The van der Waals surface area contributed by atoms with E-state index in [4.69, 9.17) is 0 Å². The molecular weight excluding hydrogens is 367 g/mol. The summed E-state index contributed by atoms with van der Waals surface area (Å²) in [6, 6.07) is 10.2. The highest BCUT2D eigenvalue weighted by Gasteiger charge is 2.37. The normalized spacial score (nSPS) is 12.3. The summed E-state index contributed by atoms with van der Waals surface area (Å²) >= 11 is 4.52. The molecule has 0 aliphatic heterocycles. The Balaban J connectivity index is 2.31. The van der Waals surface area contributed by atoms with Gasteiger partial charge in [0.2, 0.25) is 0 Å². The number of anilines is 1. The molecule has 0 atom stereocenters. The second-order valence-corrected chi connectivity index (χ2v) is 5.89. The van der Waals surface area contributed by atoms with Crippen LogP contribution in [0.15, 0.2) is 52.3 Å². The smallest absolute Gasteiger partial charge is 0.354 e. The van der Waals surface area contributed by atoms with Crippen LogP contribution in [0.4, 0.5) is 18.9 Å². The Morgan fingerprint density at radius 3 is 2.38 bits per heavy atom. The molecule has 0 aliphatic rings. The minimum Gasteiger partial charge on any atom is -0.354 e. The molecule has 7 heteroatoms. The molecule has 110 valence electrons. The van der Waals surface area contributed by atoms with E-state index in [0.29, 0.717) is 16.6 Å². The molecule has 0 aliphatic carbocycles. The second kappa shape index (κ2) is 6.44. The third-order valence-electron chi connectivity index (χ3n) is 2.46. The van der Waals surface area contributed by atoms with Crippen molar-refractivity contribution in [3.63, 3.8) is 0 Å². The van der Waals surface area contributed by atoms with Crippen molar-refractivity contribution >= 4 is 44.4 Å². The number of ketones is 1. The average molecular weight is 376 g/mol. The van der Waals surface area contributed by atoms with E-state index in [1.807, 2.05) is 0 Å². The first kappa shape index (κ1) is 15.8. The molecule has 2 aromatic rings. The number of hydrogen-bond donors (Lipinski definition) is 1. The molecule has 0 bridgehead atoms. The predicted molar refractivity (Wildman–Crippen MR) is 81.1 cm³/mol. The van der Waals surface area contributed by atoms with E-state index >= 15 is 0 Å². The van der Waals surface area contributed by atoms with Crippen LogP contribution in [-0.2, 0) is 4.79 Å². The standard InChI is InChI=1S/C14H9BrF3NOS/c15-9-3-5-10(6-4-9)19-11(12-2-1-7-21-12)8-13(20)14(16,17)18/h1-8,19H/b11-8-. The van der Waals surface area contributed by atoms with Gasteiger partial charge in [-0.2, -0.15) is 13.2 Å². The van der Waals surface area contributed by atoms with Gasteiger partial charge in [0.1, 0.15) is 0 Å². The van der Waals surface area contributed by atoms with E-state index in [-0.39, 0.29) is 5.70 Å². The number of hydrogen-bond acceptors (Lipinski definition) is 3. The lowest BCUT2D eigenvalue weighted by Gasteiger charge is -2.10. The maximum atomic E-state index is 12.4. The van der Waals surface area contributed by atoms with Crippen molar-refractivity contribution in [1.29, 1.82) is 0 Å². The van der Waals surface area contributed by atoms with Gasteiger partial charge in [0.05, 0.1) is 10.6 Å². The first-order valence-corrected chi connectivity index (χ1v) is 7.43. The fraction of sp³-hybridized carbons (Fsp3) is 0.0714. The molecule has 0 fully saturated rings. The fourth-order valence-electron chi connectivity index (χ4n) is 1.50. The van der Waals surface area contributed by atoms with Gasteiger partial charge in [-0.25, -0.2) is 0 Å². The van der Waals surface area contributed by atoms with Crippen molar-refractivity contribution in [3.05, 3.63) is 57.2 Å². The molecule has 0 amide bonds. The molecule has 1 aromatic carbocycles. The molecule has 1 aromatic heterocycles. The summed E-state index contributed by atoms with van der Waals surface area (Å²) in [5.41, 5.74) is 0.711. The Morgan fingerprint density at radius 2 is 1.86 bits per heavy atom. The van der Waals surface area contributed by atoms with Crippen molar-refractivity contribution in [2.75, 3.05) is 5.32 Å². The highest BCUT2D eigenvalue weighted by molar-refractivity contribution is 9.10. The number of carbonyl (C=O) groups excluding carboxylic acids is 1. The molecule has 0 unspecified atom stereocenters. The molecular formula is C14H9BrF3NOS. The molecule has 2 nitrogen and oxygen atoms in total. The number of carbonyl (C=O) groups is 1. The molecule has 0 saturated carbocycles. The summed E-state index contributed by atoms with van der Waals surface area (Å²) in [7, 11) is 0. The van der Waals surface area contributed by atoms with Crippen LogP contribution in [0.3, 0.4) is 0 Å². The predicted octanol–water partition coefficient (Wildman–Crippen LogP) is 5.10. The van der Waals surface area contributed by atoms with Crippen molar-refractivity contribution in [1.82, 2.24) is 0 Å². The minimum atomic E-state index is -4.89. The summed E-state index contributed by atoms with van der Waals surface area (Å²) in [6.45, 7) is 0. The van der Waals surface area contributed by atoms with E-state index in [0.717, 1.165) is 4.47 Å². The largest absolute Gasteiger partial charge is 0.454 e. The molecule has 0 radical (unpaired) electrons. The van der Waals surface area contributed by atoms with Gasteiger partial charge in [0.15, 0.2) is 0 Å². The van der Waals surface area contributed by atoms with Crippen molar-refractivity contribution in [3.8, 4) is 0 Å². The molecule has 2 rings (SSSR count). The zero-order chi connectivity index (χ0) is 15.5. The van der Waals surface area contributed by atoms with E-state index in [1.54, 1.807) is 41.8 Å². The summed E-state index contributed by atoms with van der Waals surface area (Å²) < 4.78 is 38.1. The Hall–Kier alpha value is -1.60. The lowest BCUT2D eigenvalue weighted by atomic mass is 10.2. The second-order valence-electron chi connectivity index (χ2n) is 4.03.